The Labute approximate surface area is 165 Å². The summed E-state index contributed by atoms with van der Waals surface area (Å²) in [5.41, 5.74) is 2.42. The molecule has 1 amide bonds. The number of amides is 1. The Hall–Kier alpha value is -2.33. The number of thiophene rings is 1. The van der Waals surface area contributed by atoms with Gasteiger partial charge in [0.2, 0.25) is 15.9 Å². The number of sulfonamides is 1. The highest BCUT2D eigenvalue weighted by molar-refractivity contribution is 7.89. The SMILES string of the molecule is CN(C)S(=O)(=O)c1ccc(-c2csc(NC(=O)/C=C\c3ccsc3)n2)cc1. The standard InChI is InChI=1S/C18H17N3O3S3/c1-21(2)27(23,24)15-6-4-14(5-7-15)16-12-26-18(19-16)20-17(22)8-3-13-9-10-25-11-13/h3-12H,1-2H3,(H,19,20,22)/b8-3-. The van der Waals surface area contributed by atoms with E-state index < -0.39 is 10.0 Å². The van der Waals surface area contributed by atoms with Crippen LogP contribution in [-0.2, 0) is 14.8 Å². The smallest absolute Gasteiger partial charge is 0.250 e. The number of nitrogens with zero attached hydrogens (tertiary/aromatic N) is 2. The summed E-state index contributed by atoms with van der Waals surface area (Å²) in [5, 5.41) is 8.92. The minimum absolute atomic E-state index is 0.221. The zero-order valence-electron chi connectivity index (χ0n) is 14.6. The highest BCUT2D eigenvalue weighted by atomic mass is 32.2. The summed E-state index contributed by atoms with van der Waals surface area (Å²) in [6, 6.07) is 8.43. The normalized spacial score (nSPS) is 12.0. The van der Waals surface area contributed by atoms with Crippen molar-refractivity contribution in [1.82, 2.24) is 9.29 Å². The Morgan fingerprint density at radius 1 is 1.15 bits per heavy atom. The number of hydrogen-bond donors (Lipinski definition) is 1. The van der Waals surface area contributed by atoms with Gasteiger partial charge in [-0.25, -0.2) is 17.7 Å². The summed E-state index contributed by atoms with van der Waals surface area (Å²) >= 11 is 2.88. The molecule has 0 radical (unpaired) electrons. The Balaban J connectivity index is 1.69. The van der Waals surface area contributed by atoms with E-state index in [9.17, 15) is 13.2 Å². The summed E-state index contributed by atoms with van der Waals surface area (Å²) in [4.78, 5) is 16.6. The fraction of sp³-hybridized carbons (Fsp3) is 0.111. The van der Waals surface area contributed by atoms with Gasteiger partial charge in [0.1, 0.15) is 0 Å². The molecule has 6 nitrogen and oxygen atoms in total. The number of nitrogens with one attached hydrogen (secondary N) is 1. The molecule has 27 heavy (non-hydrogen) atoms. The number of carbonyl (C=O) groups excluding carboxylic acids is 1. The second-order valence-corrected chi connectivity index (χ2v) is 9.52. The fourth-order valence-corrected chi connectivity index (χ4v) is 4.41. The van der Waals surface area contributed by atoms with E-state index in [4.69, 9.17) is 0 Å². The molecule has 2 heterocycles. The van der Waals surface area contributed by atoms with Crippen molar-refractivity contribution in [3.05, 3.63) is 58.1 Å². The molecule has 0 saturated heterocycles. The van der Waals surface area contributed by atoms with Gasteiger partial charge in [-0.1, -0.05) is 12.1 Å². The van der Waals surface area contributed by atoms with Gasteiger partial charge in [0, 0.05) is 31.1 Å². The van der Waals surface area contributed by atoms with E-state index >= 15 is 0 Å². The van der Waals surface area contributed by atoms with Crippen LogP contribution in [0.25, 0.3) is 17.3 Å². The quantitative estimate of drug-likeness (QED) is 0.617. The first-order valence-electron chi connectivity index (χ1n) is 7.86. The molecule has 3 rings (SSSR count). The average molecular weight is 420 g/mol. The van der Waals surface area contributed by atoms with Crippen molar-refractivity contribution in [2.75, 3.05) is 19.4 Å². The third kappa shape index (κ3) is 4.69. The molecule has 0 unspecified atom stereocenters. The molecule has 2 aromatic heterocycles. The van der Waals surface area contributed by atoms with Crippen molar-refractivity contribution in [2.24, 2.45) is 0 Å². The van der Waals surface area contributed by atoms with E-state index in [0.717, 1.165) is 11.1 Å². The van der Waals surface area contributed by atoms with Crippen molar-refractivity contribution in [3.8, 4) is 11.3 Å². The highest BCUT2D eigenvalue weighted by Crippen LogP contribution is 2.26. The molecule has 0 saturated carbocycles. The Morgan fingerprint density at radius 2 is 1.89 bits per heavy atom. The molecule has 3 aromatic rings. The van der Waals surface area contributed by atoms with Crippen LogP contribution in [0.15, 0.2) is 57.4 Å². The Kier molecular flexibility index (Phi) is 5.85. The first-order chi connectivity index (χ1) is 12.9. The van der Waals surface area contributed by atoms with E-state index in [0.29, 0.717) is 10.8 Å². The molecule has 0 aliphatic carbocycles. The van der Waals surface area contributed by atoms with Gasteiger partial charge in [0.15, 0.2) is 5.13 Å². The lowest BCUT2D eigenvalue weighted by atomic mass is 10.2. The van der Waals surface area contributed by atoms with Crippen LogP contribution in [0.5, 0.6) is 0 Å². The summed E-state index contributed by atoms with van der Waals surface area (Å²) in [6.45, 7) is 0. The van der Waals surface area contributed by atoms with Gasteiger partial charge in [0.05, 0.1) is 10.6 Å². The molecule has 0 fully saturated rings. The summed E-state index contributed by atoms with van der Waals surface area (Å²) in [6.07, 6.45) is 3.20. The molecule has 9 heteroatoms. The predicted molar refractivity (Wildman–Crippen MR) is 110 cm³/mol. The van der Waals surface area contributed by atoms with Crippen LogP contribution in [0.2, 0.25) is 0 Å². The lowest BCUT2D eigenvalue weighted by molar-refractivity contribution is -0.111. The van der Waals surface area contributed by atoms with Crippen LogP contribution in [-0.4, -0.2) is 37.7 Å². The number of anilines is 1. The molecule has 0 bridgehead atoms. The lowest BCUT2D eigenvalue weighted by Crippen LogP contribution is -2.22. The molecule has 0 aliphatic heterocycles. The van der Waals surface area contributed by atoms with Gasteiger partial charge in [-0.3, -0.25) is 10.1 Å². The van der Waals surface area contributed by atoms with Crippen LogP contribution in [0.3, 0.4) is 0 Å². The van der Waals surface area contributed by atoms with Crippen LogP contribution >= 0.6 is 22.7 Å². The van der Waals surface area contributed by atoms with Crippen molar-refractivity contribution in [2.45, 2.75) is 4.90 Å². The number of carbonyl (C=O) groups is 1. The van der Waals surface area contributed by atoms with Crippen LogP contribution in [0.4, 0.5) is 5.13 Å². The number of thiazole rings is 1. The average Bonchev–Trinajstić information content (AvgIpc) is 3.32. The van der Waals surface area contributed by atoms with Gasteiger partial charge < -0.3 is 0 Å². The molecule has 0 spiro atoms. The largest absolute Gasteiger partial charge is 0.298 e. The third-order valence-electron chi connectivity index (χ3n) is 3.63. The van der Waals surface area contributed by atoms with Crippen LogP contribution in [0.1, 0.15) is 5.56 Å². The Morgan fingerprint density at radius 3 is 2.52 bits per heavy atom. The van der Waals surface area contributed by atoms with E-state index in [2.05, 4.69) is 10.3 Å². The van der Waals surface area contributed by atoms with Crippen molar-refractivity contribution < 1.29 is 13.2 Å². The third-order valence-corrected chi connectivity index (χ3v) is 6.92. The van der Waals surface area contributed by atoms with Crippen LogP contribution < -0.4 is 5.32 Å². The number of aromatic nitrogens is 1. The molecule has 0 aliphatic rings. The zero-order chi connectivity index (χ0) is 19.4. The summed E-state index contributed by atoms with van der Waals surface area (Å²) < 4.78 is 25.4. The van der Waals surface area contributed by atoms with Gasteiger partial charge in [-0.15, -0.1) is 11.3 Å². The van der Waals surface area contributed by atoms with Gasteiger partial charge >= 0.3 is 0 Å². The minimum Gasteiger partial charge on any atom is -0.298 e. The van der Waals surface area contributed by atoms with E-state index in [1.54, 1.807) is 41.7 Å². The van der Waals surface area contributed by atoms with Gasteiger partial charge in [0.25, 0.3) is 0 Å². The number of rotatable bonds is 6. The molecule has 140 valence electrons. The summed E-state index contributed by atoms with van der Waals surface area (Å²) in [5.74, 6) is -0.255. The van der Waals surface area contributed by atoms with Gasteiger partial charge in [-0.2, -0.15) is 11.3 Å². The molecule has 1 N–H and O–H groups in total. The fourth-order valence-electron chi connectivity index (χ4n) is 2.16. The van der Waals surface area contributed by atoms with E-state index in [1.807, 2.05) is 22.2 Å². The molecule has 0 atom stereocenters. The predicted octanol–water partition coefficient (Wildman–Crippen LogP) is 3.77. The topological polar surface area (TPSA) is 79.4 Å². The van der Waals surface area contributed by atoms with Gasteiger partial charge in [-0.05, 0) is 40.6 Å². The zero-order valence-corrected chi connectivity index (χ0v) is 17.1. The minimum atomic E-state index is -3.46. The molecular formula is C18H17N3O3S3. The lowest BCUT2D eigenvalue weighted by Gasteiger charge is -2.11. The number of benzene rings is 1. The van der Waals surface area contributed by atoms with E-state index in [1.165, 1.54) is 35.8 Å². The second kappa shape index (κ2) is 8.13. The van der Waals surface area contributed by atoms with E-state index in [-0.39, 0.29) is 10.8 Å². The monoisotopic (exact) mass is 419 g/mol. The maximum Gasteiger partial charge on any atom is 0.250 e. The summed E-state index contributed by atoms with van der Waals surface area (Å²) in [7, 11) is -0.477. The second-order valence-electron chi connectivity index (χ2n) is 5.73. The maximum absolute atomic E-state index is 12.1. The van der Waals surface area contributed by atoms with Crippen molar-refractivity contribution >= 4 is 49.8 Å². The molecule has 1 aromatic carbocycles. The maximum atomic E-state index is 12.1. The first kappa shape index (κ1) is 19.4. The first-order valence-corrected chi connectivity index (χ1v) is 11.1. The Bertz CT molecular complexity index is 1050. The number of hydrogen-bond acceptors (Lipinski definition) is 6. The van der Waals surface area contributed by atoms with Crippen molar-refractivity contribution in [3.63, 3.8) is 0 Å². The molecular weight excluding hydrogens is 402 g/mol. The highest BCUT2D eigenvalue weighted by Gasteiger charge is 2.17. The van der Waals surface area contributed by atoms with Crippen LogP contribution in [0, 0.1) is 0 Å². The van der Waals surface area contributed by atoms with Crippen molar-refractivity contribution in [1.29, 1.82) is 0 Å².